The first-order chi connectivity index (χ1) is 9.06. The number of nitro groups is 1. The number of hydrogen-bond donors (Lipinski definition) is 1. The lowest BCUT2D eigenvalue weighted by Gasteiger charge is -2.08. The van der Waals surface area contributed by atoms with Gasteiger partial charge in [0.05, 0.1) is 4.92 Å². The van der Waals surface area contributed by atoms with Gasteiger partial charge in [-0.05, 0) is 24.1 Å². The zero-order chi connectivity index (χ0) is 13.8. The second-order valence-corrected chi connectivity index (χ2v) is 4.29. The van der Waals surface area contributed by atoms with Gasteiger partial charge in [0, 0.05) is 30.4 Å². The minimum absolute atomic E-state index is 0.0664. The van der Waals surface area contributed by atoms with Crippen LogP contribution in [0.1, 0.15) is 11.1 Å². The molecular formula is C12H11ClN4O2. The number of nitro benzene ring substituents is 1. The third-order valence-corrected chi connectivity index (χ3v) is 2.71. The Morgan fingerprint density at radius 2 is 2.26 bits per heavy atom. The summed E-state index contributed by atoms with van der Waals surface area (Å²) in [6.07, 6.45) is 1.62. The summed E-state index contributed by atoms with van der Waals surface area (Å²) >= 11 is 5.71. The van der Waals surface area contributed by atoms with E-state index >= 15 is 0 Å². The molecule has 2 rings (SSSR count). The lowest BCUT2D eigenvalue weighted by molar-refractivity contribution is -0.384. The highest BCUT2D eigenvalue weighted by Crippen LogP contribution is 2.16. The number of aromatic nitrogens is 2. The molecule has 0 bridgehead atoms. The van der Waals surface area contributed by atoms with Gasteiger partial charge in [-0.2, -0.15) is 0 Å². The van der Waals surface area contributed by atoms with E-state index in [-0.39, 0.29) is 11.0 Å². The SMILES string of the molecule is Cc1cnc(Cl)nc1NCc1cccc([N+](=O)[O-])c1. The van der Waals surface area contributed by atoms with Crippen molar-refractivity contribution in [1.82, 2.24) is 9.97 Å². The summed E-state index contributed by atoms with van der Waals surface area (Å²) in [4.78, 5) is 18.2. The van der Waals surface area contributed by atoms with Crippen molar-refractivity contribution in [3.8, 4) is 0 Å². The number of rotatable bonds is 4. The molecule has 0 fully saturated rings. The maximum absolute atomic E-state index is 10.7. The van der Waals surface area contributed by atoms with Gasteiger partial charge in [-0.3, -0.25) is 10.1 Å². The third kappa shape index (κ3) is 3.38. The second kappa shape index (κ2) is 5.62. The molecule has 0 aliphatic carbocycles. The van der Waals surface area contributed by atoms with Gasteiger partial charge in [0.1, 0.15) is 5.82 Å². The van der Waals surface area contributed by atoms with E-state index in [4.69, 9.17) is 11.6 Å². The summed E-state index contributed by atoms with van der Waals surface area (Å²) < 4.78 is 0. The smallest absolute Gasteiger partial charge is 0.269 e. The van der Waals surface area contributed by atoms with Crippen LogP contribution in [-0.4, -0.2) is 14.9 Å². The molecule has 0 atom stereocenters. The predicted molar refractivity (Wildman–Crippen MR) is 72.2 cm³/mol. The van der Waals surface area contributed by atoms with E-state index in [1.54, 1.807) is 18.3 Å². The van der Waals surface area contributed by atoms with E-state index in [2.05, 4.69) is 15.3 Å². The van der Waals surface area contributed by atoms with Crippen LogP contribution in [0.3, 0.4) is 0 Å². The number of aryl methyl sites for hydroxylation is 1. The van der Waals surface area contributed by atoms with E-state index in [9.17, 15) is 10.1 Å². The highest BCUT2D eigenvalue weighted by molar-refractivity contribution is 6.28. The van der Waals surface area contributed by atoms with Gasteiger partial charge in [-0.1, -0.05) is 12.1 Å². The molecule has 0 saturated heterocycles. The number of nitrogens with zero attached hydrogens (tertiary/aromatic N) is 3. The Morgan fingerprint density at radius 3 is 3.00 bits per heavy atom. The van der Waals surface area contributed by atoms with Crippen molar-refractivity contribution < 1.29 is 4.92 Å². The first-order valence-corrected chi connectivity index (χ1v) is 5.90. The fraction of sp³-hybridized carbons (Fsp3) is 0.167. The van der Waals surface area contributed by atoms with Gasteiger partial charge < -0.3 is 5.32 Å². The average Bonchev–Trinajstić information content (AvgIpc) is 2.40. The molecule has 2 aromatic rings. The number of halogens is 1. The zero-order valence-electron chi connectivity index (χ0n) is 10.1. The minimum Gasteiger partial charge on any atom is -0.366 e. The molecule has 6 nitrogen and oxygen atoms in total. The summed E-state index contributed by atoms with van der Waals surface area (Å²) in [5, 5.41) is 13.9. The average molecular weight is 279 g/mol. The fourth-order valence-corrected chi connectivity index (χ4v) is 1.70. The molecule has 0 aliphatic rings. The lowest BCUT2D eigenvalue weighted by atomic mass is 10.2. The van der Waals surface area contributed by atoms with Crippen LogP contribution in [0.25, 0.3) is 0 Å². The number of non-ortho nitro benzene ring substituents is 1. The third-order valence-electron chi connectivity index (χ3n) is 2.52. The number of nitrogens with one attached hydrogen (secondary N) is 1. The van der Waals surface area contributed by atoms with Crippen molar-refractivity contribution in [2.45, 2.75) is 13.5 Å². The van der Waals surface area contributed by atoms with E-state index in [0.29, 0.717) is 12.4 Å². The molecule has 0 amide bonds. The number of hydrogen-bond acceptors (Lipinski definition) is 5. The second-order valence-electron chi connectivity index (χ2n) is 3.95. The molecule has 7 heteroatoms. The van der Waals surface area contributed by atoms with Crippen LogP contribution in [0.4, 0.5) is 11.5 Å². The molecule has 0 aliphatic heterocycles. The quantitative estimate of drug-likeness (QED) is 0.528. The monoisotopic (exact) mass is 278 g/mol. The van der Waals surface area contributed by atoms with E-state index < -0.39 is 4.92 Å². The lowest BCUT2D eigenvalue weighted by Crippen LogP contribution is -2.04. The standard InChI is InChI=1S/C12H11ClN4O2/c1-8-6-15-12(13)16-11(8)14-7-9-3-2-4-10(5-9)17(18)19/h2-6H,7H2,1H3,(H,14,15,16). The van der Waals surface area contributed by atoms with Crippen LogP contribution in [-0.2, 0) is 6.54 Å². The van der Waals surface area contributed by atoms with E-state index in [1.165, 1.54) is 12.1 Å². The number of benzene rings is 1. The van der Waals surface area contributed by atoms with Gasteiger partial charge in [0.25, 0.3) is 5.69 Å². The Balaban J connectivity index is 2.12. The Morgan fingerprint density at radius 1 is 1.47 bits per heavy atom. The zero-order valence-corrected chi connectivity index (χ0v) is 10.9. The molecule has 1 heterocycles. The van der Waals surface area contributed by atoms with Gasteiger partial charge in [-0.25, -0.2) is 9.97 Å². The topological polar surface area (TPSA) is 81.0 Å². The molecule has 0 saturated carbocycles. The normalized spacial score (nSPS) is 10.2. The molecule has 98 valence electrons. The highest BCUT2D eigenvalue weighted by Gasteiger charge is 2.06. The summed E-state index contributed by atoms with van der Waals surface area (Å²) in [5.41, 5.74) is 1.72. The molecule has 19 heavy (non-hydrogen) atoms. The first-order valence-electron chi connectivity index (χ1n) is 5.52. The van der Waals surface area contributed by atoms with Crippen molar-refractivity contribution in [2.75, 3.05) is 5.32 Å². The van der Waals surface area contributed by atoms with E-state index in [1.807, 2.05) is 6.92 Å². The summed E-state index contributed by atoms with van der Waals surface area (Å²) in [7, 11) is 0. The maximum Gasteiger partial charge on any atom is 0.269 e. The van der Waals surface area contributed by atoms with Crippen LogP contribution >= 0.6 is 11.6 Å². The Kier molecular flexibility index (Phi) is 3.91. The van der Waals surface area contributed by atoms with Crippen molar-refractivity contribution in [1.29, 1.82) is 0 Å². The predicted octanol–water partition coefficient (Wildman–Crippen LogP) is 2.96. The largest absolute Gasteiger partial charge is 0.366 e. The summed E-state index contributed by atoms with van der Waals surface area (Å²) in [5.74, 6) is 0.617. The molecule has 0 unspecified atom stereocenters. The molecule has 0 spiro atoms. The van der Waals surface area contributed by atoms with Gasteiger partial charge in [0.15, 0.2) is 0 Å². The van der Waals surface area contributed by atoms with Crippen molar-refractivity contribution in [3.05, 3.63) is 57.0 Å². The minimum atomic E-state index is -0.420. The Bertz CT molecular complexity index is 618. The van der Waals surface area contributed by atoms with Gasteiger partial charge in [0.2, 0.25) is 5.28 Å². The first kappa shape index (κ1) is 13.2. The Labute approximate surface area is 114 Å². The van der Waals surface area contributed by atoms with Crippen LogP contribution in [0.15, 0.2) is 30.5 Å². The number of anilines is 1. The van der Waals surface area contributed by atoms with Crippen LogP contribution < -0.4 is 5.32 Å². The Hall–Kier alpha value is -2.21. The van der Waals surface area contributed by atoms with Crippen molar-refractivity contribution in [3.63, 3.8) is 0 Å². The fourth-order valence-electron chi connectivity index (χ4n) is 1.57. The van der Waals surface area contributed by atoms with Crippen LogP contribution in [0.2, 0.25) is 5.28 Å². The molecule has 1 aromatic heterocycles. The molecule has 0 radical (unpaired) electrons. The maximum atomic E-state index is 10.7. The summed E-state index contributed by atoms with van der Waals surface area (Å²) in [6, 6.07) is 6.43. The molecule has 1 aromatic carbocycles. The molecule has 1 N–H and O–H groups in total. The van der Waals surface area contributed by atoms with Crippen molar-refractivity contribution in [2.24, 2.45) is 0 Å². The summed E-state index contributed by atoms with van der Waals surface area (Å²) in [6.45, 7) is 2.28. The van der Waals surface area contributed by atoms with Gasteiger partial charge >= 0.3 is 0 Å². The van der Waals surface area contributed by atoms with Crippen LogP contribution in [0, 0.1) is 17.0 Å². The van der Waals surface area contributed by atoms with E-state index in [0.717, 1.165) is 11.1 Å². The molecular weight excluding hydrogens is 268 g/mol. The highest BCUT2D eigenvalue weighted by atomic mass is 35.5. The van der Waals surface area contributed by atoms with Crippen LogP contribution in [0.5, 0.6) is 0 Å². The van der Waals surface area contributed by atoms with Crippen molar-refractivity contribution >= 4 is 23.1 Å². The van der Waals surface area contributed by atoms with Gasteiger partial charge in [-0.15, -0.1) is 0 Å².